The molecular formula is C38H43F4N3O3S. The summed E-state index contributed by atoms with van der Waals surface area (Å²) in [5.41, 5.74) is 5.08. The first-order valence-corrected chi connectivity index (χ1v) is 18.7. The van der Waals surface area contributed by atoms with Crippen LogP contribution >= 0.6 is 0 Å². The average Bonchev–Trinajstić information content (AvgIpc) is 3.64. The standard InChI is InChI=1S/C38H43F4N3O3S/c1-49(46,47)32-18-16-30(17-19-32)43-23-11-7-5-3-2-4-6-8-13-28-24-31(21-22-39)45(35-20-15-29(40)26-36(35)48-38(41)42)37(28)34-25-27-12-9-10-14-33(27)44-34/h9-10,12,14-20,24-26,38,43-44H,2-8,11,13,21-23H2,1H3. The first-order valence-electron chi connectivity index (χ1n) is 16.8. The fourth-order valence-corrected chi connectivity index (χ4v) is 6.91. The minimum atomic E-state index is -3.19. The number of H-pyrrole nitrogens is 1. The lowest BCUT2D eigenvalue weighted by Gasteiger charge is -2.18. The number of hydrogen-bond donors (Lipinski definition) is 2. The van der Waals surface area contributed by atoms with E-state index >= 15 is 0 Å². The van der Waals surface area contributed by atoms with E-state index in [1.54, 1.807) is 28.8 Å². The highest BCUT2D eigenvalue weighted by atomic mass is 32.2. The van der Waals surface area contributed by atoms with Crippen molar-refractivity contribution in [2.45, 2.75) is 75.7 Å². The summed E-state index contributed by atoms with van der Waals surface area (Å²) in [5.74, 6) is -1.02. The van der Waals surface area contributed by atoms with E-state index in [1.165, 1.54) is 18.4 Å². The number of aromatic amines is 1. The Bertz CT molecular complexity index is 1890. The molecule has 0 saturated carbocycles. The van der Waals surface area contributed by atoms with Gasteiger partial charge in [-0.15, -0.1) is 0 Å². The van der Waals surface area contributed by atoms with Crippen molar-refractivity contribution in [1.82, 2.24) is 9.55 Å². The van der Waals surface area contributed by atoms with Gasteiger partial charge in [-0.3, -0.25) is 4.39 Å². The molecule has 0 unspecified atom stereocenters. The number of alkyl halides is 3. The Labute approximate surface area is 285 Å². The maximum atomic E-state index is 14.2. The third kappa shape index (κ3) is 9.68. The van der Waals surface area contributed by atoms with Crippen molar-refractivity contribution in [3.63, 3.8) is 0 Å². The van der Waals surface area contributed by atoms with Crippen LogP contribution in [0.2, 0.25) is 0 Å². The van der Waals surface area contributed by atoms with Crippen LogP contribution in [0.3, 0.4) is 0 Å². The minimum absolute atomic E-state index is 0.0592. The van der Waals surface area contributed by atoms with Gasteiger partial charge in [-0.1, -0.05) is 56.7 Å². The fourth-order valence-electron chi connectivity index (χ4n) is 6.28. The normalized spacial score (nSPS) is 11.9. The third-order valence-corrected chi connectivity index (χ3v) is 9.78. The van der Waals surface area contributed by atoms with Crippen LogP contribution in [0.25, 0.3) is 28.0 Å². The van der Waals surface area contributed by atoms with E-state index in [0.29, 0.717) is 17.0 Å². The summed E-state index contributed by atoms with van der Waals surface area (Å²) >= 11 is 0. The maximum absolute atomic E-state index is 14.2. The molecule has 2 N–H and O–H groups in total. The number of hydrogen-bond acceptors (Lipinski definition) is 4. The molecule has 11 heteroatoms. The second kappa shape index (κ2) is 16.9. The zero-order chi connectivity index (χ0) is 34.8. The molecule has 49 heavy (non-hydrogen) atoms. The highest BCUT2D eigenvalue weighted by molar-refractivity contribution is 7.90. The molecule has 0 amide bonds. The molecule has 2 heterocycles. The van der Waals surface area contributed by atoms with E-state index in [4.69, 9.17) is 4.74 Å². The van der Waals surface area contributed by atoms with Gasteiger partial charge < -0.3 is 19.6 Å². The molecule has 5 aromatic rings. The summed E-state index contributed by atoms with van der Waals surface area (Å²) in [6, 6.07) is 22.1. The van der Waals surface area contributed by atoms with Gasteiger partial charge in [0, 0.05) is 47.6 Å². The first-order chi connectivity index (χ1) is 23.6. The molecule has 0 aliphatic carbocycles. The molecule has 0 aliphatic rings. The average molecular weight is 698 g/mol. The summed E-state index contributed by atoms with van der Waals surface area (Å²) < 4.78 is 84.6. The monoisotopic (exact) mass is 697 g/mol. The van der Waals surface area contributed by atoms with Crippen LogP contribution in [0.15, 0.2) is 83.8 Å². The number of nitrogens with zero attached hydrogens (tertiary/aromatic N) is 1. The summed E-state index contributed by atoms with van der Waals surface area (Å²) in [5, 5.41) is 4.32. The molecule has 0 aliphatic heterocycles. The minimum Gasteiger partial charge on any atom is -0.432 e. The van der Waals surface area contributed by atoms with Gasteiger partial charge in [0.1, 0.15) is 5.82 Å². The Kier molecular flexibility index (Phi) is 12.4. The predicted octanol–water partition coefficient (Wildman–Crippen LogP) is 10.1. The van der Waals surface area contributed by atoms with Gasteiger partial charge in [0.25, 0.3) is 0 Å². The molecule has 0 bridgehead atoms. The first kappa shape index (κ1) is 36.0. The smallest absolute Gasteiger partial charge is 0.387 e. The lowest BCUT2D eigenvalue weighted by molar-refractivity contribution is -0.0500. The number of fused-ring (bicyclic) bond motifs is 1. The van der Waals surface area contributed by atoms with Crippen LogP contribution in [-0.2, 0) is 22.7 Å². The number of sulfone groups is 1. The number of rotatable bonds is 19. The van der Waals surface area contributed by atoms with Crippen molar-refractivity contribution in [3.05, 3.63) is 95.9 Å². The molecule has 0 spiro atoms. The Balaban J connectivity index is 1.19. The highest BCUT2D eigenvalue weighted by Crippen LogP contribution is 2.37. The molecule has 2 aromatic heterocycles. The van der Waals surface area contributed by atoms with Crippen molar-refractivity contribution in [1.29, 1.82) is 0 Å². The Morgan fingerprint density at radius 3 is 2.20 bits per heavy atom. The van der Waals surface area contributed by atoms with E-state index in [1.807, 2.05) is 36.4 Å². The molecule has 3 aromatic carbocycles. The van der Waals surface area contributed by atoms with Crippen LogP contribution in [0.5, 0.6) is 5.75 Å². The summed E-state index contributed by atoms with van der Waals surface area (Å²) in [7, 11) is -3.19. The van der Waals surface area contributed by atoms with E-state index in [-0.39, 0.29) is 17.9 Å². The summed E-state index contributed by atoms with van der Waals surface area (Å²) in [6.45, 7) is -2.97. The van der Waals surface area contributed by atoms with Gasteiger partial charge in [0.2, 0.25) is 0 Å². The zero-order valence-corrected chi connectivity index (χ0v) is 28.5. The molecule has 262 valence electrons. The fraction of sp³-hybridized carbons (Fsp3) is 0.368. The topological polar surface area (TPSA) is 76.1 Å². The number of aryl methyl sites for hydroxylation is 2. The van der Waals surface area contributed by atoms with E-state index in [0.717, 1.165) is 97.5 Å². The number of benzene rings is 3. The van der Waals surface area contributed by atoms with Gasteiger partial charge in [-0.25, -0.2) is 12.8 Å². The number of nitrogens with one attached hydrogen (secondary N) is 2. The Morgan fingerprint density at radius 2 is 1.53 bits per heavy atom. The molecule has 0 radical (unpaired) electrons. The summed E-state index contributed by atoms with van der Waals surface area (Å²) in [4.78, 5) is 3.76. The quantitative estimate of drug-likeness (QED) is 0.0665. The lowest BCUT2D eigenvalue weighted by Crippen LogP contribution is -2.10. The van der Waals surface area contributed by atoms with Crippen molar-refractivity contribution in [2.24, 2.45) is 0 Å². The van der Waals surface area contributed by atoms with Gasteiger partial charge >= 0.3 is 6.61 Å². The number of unbranched alkanes of at least 4 members (excludes halogenated alkanes) is 7. The van der Waals surface area contributed by atoms with E-state index in [9.17, 15) is 26.0 Å². The Morgan fingerprint density at radius 1 is 0.837 bits per heavy atom. The molecule has 5 rings (SSSR count). The number of aromatic nitrogens is 2. The summed E-state index contributed by atoms with van der Waals surface area (Å²) in [6.07, 6.45) is 10.5. The van der Waals surface area contributed by atoms with Gasteiger partial charge in [-0.2, -0.15) is 8.78 Å². The van der Waals surface area contributed by atoms with Crippen molar-refractivity contribution < 1.29 is 30.7 Å². The maximum Gasteiger partial charge on any atom is 0.387 e. The van der Waals surface area contributed by atoms with Crippen molar-refractivity contribution >= 4 is 26.4 Å². The molecule has 0 fully saturated rings. The van der Waals surface area contributed by atoms with Crippen LogP contribution in [-0.4, -0.2) is 44.1 Å². The van der Waals surface area contributed by atoms with Gasteiger partial charge in [-0.05, 0) is 79.4 Å². The van der Waals surface area contributed by atoms with Crippen LogP contribution < -0.4 is 10.1 Å². The number of para-hydroxylation sites is 1. The van der Waals surface area contributed by atoms with Crippen LogP contribution in [0, 0.1) is 5.82 Å². The zero-order valence-electron chi connectivity index (χ0n) is 27.7. The third-order valence-electron chi connectivity index (χ3n) is 8.65. The van der Waals surface area contributed by atoms with Gasteiger partial charge in [0.15, 0.2) is 15.6 Å². The molecule has 6 nitrogen and oxygen atoms in total. The molecular weight excluding hydrogens is 654 g/mol. The second-order valence-electron chi connectivity index (χ2n) is 12.3. The largest absolute Gasteiger partial charge is 0.432 e. The Hall–Kier alpha value is -4.25. The van der Waals surface area contributed by atoms with E-state index in [2.05, 4.69) is 10.3 Å². The highest BCUT2D eigenvalue weighted by Gasteiger charge is 2.23. The molecule has 0 atom stereocenters. The van der Waals surface area contributed by atoms with Crippen LogP contribution in [0.4, 0.5) is 23.2 Å². The SMILES string of the molecule is CS(=O)(=O)c1ccc(NCCCCCCCCCCc2cc(CCF)n(-c3ccc(F)cc3OC(F)F)c2-c2cc3ccccc3[nH]2)cc1. The molecule has 0 saturated heterocycles. The van der Waals surface area contributed by atoms with Crippen LogP contribution in [0.1, 0.15) is 62.6 Å². The number of halogens is 4. The predicted molar refractivity (Wildman–Crippen MR) is 188 cm³/mol. The van der Waals surface area contributed by atoms with Crippen molar-refractivity contribution in [2.75, 3.05) is 24.8 Å². The second-order valence-corrected chi connectivity index (χ2v) is 14.4. The number of ether oxygens (including phenoxy) is 1. The van der Waals surface area contributed by atoms with Gasteiger partial charge in [0.05, 0.1) is 28.6 Å². The number of anilines is 1. The van der Waals surface area contributed by atoms with E-state index < -0.39 is 28.9 Å². The lowest BCUT2D eigenvalue weighted by atomic mass is 10.0. The van der Waals surface area contributed by atoms with Crippen molar-refractivity contribution in [3.8, 4) is 22.8 Å².